The zero-order chi connectivity index (χ0) is 16.2. The van der Waals surface area contributed by atoms with E-state index in [1.165, 1.54) is 11.4 Å². The van der Waals surface area contributed by atoms with Crippen molar-refractivity contribution < 1.29 is 17.9 Å². The number of carbonyl (C=O) groups is 1. The van der Waals surface area contributed by atoms with Crippen molar-refractivity contribution in [3.63, 3.8) is 0 Å². The van der Waals surface area contributed by atoms with Gasteiger partial charge in [-0.3, -0.25) is 9.10 Å². The number of rotatable bonds is 7. The van der Waals surface area contributed by atoms with E-state index in [1.54, 1.807) is 24.3 Å². The Hall–Kier alpha value is -1.76. The number of ether oxygens (including phenoxy) is 1. The SMILES string of the molecule is COc1ccccc1N(CCNC(=O)C1CCC1)S(C)(=O)=O. The highest BCUT2D eigenvalue weighted by atomic mass is 32.2. The van der Waals surface area contributed by atoms with Gasteiger partial charge in [0.25, 0.3) is 0 Å². The van der Waals surface area contributed by atoms with E-state index < -0.39 is 10.0 Å². The first-order valence-electron chi connectivity index (χ1n) is 7.32. The molecule has 0 heterocycles. The van der Waals surface area contributed by atoms with Gasteiger partial charge in [-0.2, -0.15) is 0 Å². The fourth-order valence-electron chi connectivity index (χ4n) is 2.40. The fourth-order valence-corrected chi connectivity index (χ4v) is 3.33. The second-order valence-corrected chi connectivity index (χ2v) is 7.33. The summed E-state index contributed by atoms with van der Waals surface area (Å²) in [4.78, 5) is 11.8. The number of hydrogen-bond acceptors (Lipinski definition) is 4. The molecule has 1 aromatic rings. The lowest BCUT2D eigenvalue weighted by molar-refractivity contribution is -0.127. The molecule has 122 valence electrons. The van der Waals surface area contributed by atoms with Gasteiger partial charge >= 0.3 is 0 Å². The fraction of sp³-hybridized carbons (Fsp3) is 0.533. The molecule has 0 spiro atoms. The smallest absolute Gasteiger partial charge is 0.232 e. The number of carbonyl (C=O) groups excluding carboxylic acids is 1. The summed E-state index contributed by atoms with van der Waals surface area (Å²) in [5.74, 6) is 0.593. The third kappa shape index (κ3) is 3.91. The maximum Gasteiger partial charge on any atom is 0.232 e. The molecule has 1 amide bonds. The lowest BCUT2D eigenvalue weighted by Gasteiger charge is -2.26. The van der Waals surface area contributed by atoms with Crippen molar-refractivity contribution in [2.24, 2.45) is 5.92 Å². The Kier molecular flexibility index (Phi) is 5.28. The number of nitrogens with one attached hydrogen (secondary N) is 1. The molecule has 1 aromatic carbocycles. The van der Waals surface area contributed by atoms with E-state index in [0.29, 0.717) is 11.4 Å². The van der Waals surface area contributed by atoms with Gasteiger partial charge in [0.1, 0.15) is 5.75 Å². The zero-order valence-electron chi connectivity index (χ0n) is 12.9. The summed E-state index contributed by atoms with van der Waals surface area (Å²) in [6, 6.07) is 6.93. The maximum absolute atomic E-state index is 12.0. The molecule has 2 rings (SSSR count). The highest BCUT2D eigenvalue weighted by molar-refractivity contribution is 7.92. The first-order valence-corrected chi connectivity index (χ1v) is 9.16. The van der Waals surface area contributed by atoms with Crippen LogP contribution in [0.1, 0.15) is 19.3 Å². The van der Waals surface area contributed by atoms with Crippen LogP contribution in [0, 0.1) is 5.92 Å². The molecule has 0 saturated heterocycles. The van der Waals surface area contributed by atoms with Crippen molar-refractivity contribution >= 4 is 21.6 Å². The molecule has 6 nitrogen and oxygen atoms in total. The van der Waals surface area contributed by atoms with Crippen LogP contribution in [-0.2, 0) is 14.8 Å². The van der Waals surface area contributed by atoms with Crippen molar-refractivity contribution in [2.45, 2.75) is 19.3 Å². The van der Waals surface area contributed by atoms with Gasteiger partial charge in [-0.25, -0.2) is 8.42 Å². The molecule has 1 N–H and O–H groups in total. The molecule has 0 aromatic heterocycles. The topological polar surface area (TPSA) is 75.7 Å². The summed E-state index contributed by atoms with van der Waals surface area (Å²) < 4.78 is 30.5. The monoisotopic (exact) mass is 326 g/mol. The Labute approximate surface area is 131 Å². The lowest BCUT2D eigenvalue weighted by atomic mass is 9.85. The third-order valence-corrected chi connectivity index (χ3v) is 5.02. The van der Waals surface area contributed by atoms with Gasteiger partial charge in [-0.1, -0.05) is 18.6 Å². The quantitative estimate of drug-likeness (QED) is 0.821. The molecule has 0 bridgehead atoms. The van der Waals surface area contributed by atoms with Gasteiger partial charge in [-0.05, 0) is 25.0 Å². The van der Waals surface area contributed by atoms with Crippen molar-refractivity contribution in [1.29, 1.82) is 0 Å². The number of para-hydroxylation sites is 2. The van der Waals surface area contributed by atoms with Gasteiger partial charge < -0.3 is 10.1 Å². The molecule has 1 saturated carbocycles. The number of amides is 1. The summed E-state index contributed by atoms with van der Waals surface area (Å²) in [6.45, 7) is 0.456. The van der Waals surface area contributed by atoms with Crippen LogP contribution in [-0.4, -0.2) is 40.8 Å². The highest BCUT2D eigenvalue weighted by Gasteiger charge is 2.25. The van der Waals surface area contributed by atoms with E-state index in [2.05, 4.69) is 5.32 Å². The summed E-state index contributed by atoms with van der Waals surface area (Å²) in [7, 11) is -1.96. The standard InChI is InChI=1S/C15H22N2O4S/c1-21-14-9-4-3-8-13(14)17(22(2,19)20)11-10-16-15(18)12-6-5-7-12/h3-4,8-9,12H,5-7,10-11H2,1-2H3,(H,16,18). The molecule has 22 heavy (non-hydrogen) atoms. The maximum atomic E-state index is 12.0. The van der Waals surface area contributed by atoms with Gasteiger partial charge in [-0.15, -0.1) is 0 Å². The molecule has 1 fully saturated rings. The Balaban J connectivity index is 2.05. The predicted octanol–water partition coefficient (Wildman–Crippen LogP) is 1.38. The molecule has 0 unspecified atom stereocenters. The molecular formula is C15H22N2O4S. The third-order valence-electron chi connectivity index (χ3n) is 3.84. The van der Waals surface area contributed by atoms with Crippen LogP contribution in [0.2, 0.25) is 0 Å². The Morgan fingerprint density at radius 2 is 2.05 bits per heavy atom. The predicted molar refractivity (Wildman–Crippen MR) is 85.5 cm³/mol. The second-order valence-electron chi connectivity index (χ2n) is 5.43. The number of nitrogens with zero attached hydrogens (tertiary/aromatic N) is 1. The summed E-state index contributed by atoms with van der Waals surface area (Å²) >= 11 is 0. The van der Waals surface area contributed by atoms with Crippen LogP contribution in [0.15, 0.2) is 24.3 Å². The Morgan fingerprint density at radius 1 is 1.36 bits per heavy atom. The summed E-state index contributed by atoms with van der Waals surface area (Å²) in [5.41, 5.74) is 0.477. The molecule has 0 radical (unpaired) electrons. The Morgan fingerprint density at radius 3 is 2.59 bits per heavy atom. The largest absolute Gasteiger partial charge is 0.495 e. The van der Waals surface area contributed by atoms with Crippen LogP contribution in [0.25, 0.3) is 0 Å². The van der Waals surface area contributed by atoms with E-state index in [9.17, 15) is 13.2 Å². The minimum atomic E-state index is -3.46. The molecular weight excluding hydrogens is 304 g/mol. The molecule has 0 aliphatic heterocycles. The average molecular weight is 326 g/mol. The van der Waals surface area contributed by atoms with E-state index >= 15 is 0 Å². The number of methoxy groups -OCH3 is 1. The highest BCUT2D eigenvalue weighted by Crippen LogP contribution is 2.29. The molecule has 1 aliphatic rings. The zero-order valence-corrected chi connectivity index (χ0v) is 13.7. The summed E-state index contributed by atoms with van der Waals surface area (Å²) in [5, 5.41) is 2.81. The minimum Gasteiger partial charge on any atom is -0.495 e. The van der Waals surface area contributed by atoms with Crippen LogP contribution >= 0.6 is 0 Å². The minimum absolute atomic E-state index is 0.0136. The number of benzene rings is 1. The number of hydrogen-bond donors (Lipinski definition) is 1. The van der Waals surface area contributed by atoms with Crippen molar-refractivity contribution in [3.8, 4) is 5.75 Å². The first kappa shape index (κ1) is 16.6. The van der Waals surface area contributed by atoms with E-state index in [4.69, 9.17) is 4.74 Å². The van der Waals surface area contributed by atoms with E-state index in [0.717, 1.165) is 25.5 Å². The van der Waals surface area contributed by atoms with Crippen molar-refractivity contribution in [2.75, 3.05) is 30.8 Å². The Bertz CT molecular complexity index is 626. The van der Waals surface area contributed by atoms with E-state index in [-0.39, 0.29) is 24.9 Å². The molecule has 0 atom stereocenters. The van der Waals surface area contributed by atoms with Crippen LogP contribution in [0.5, 0.6) is 5.75 Å². The average Bonchev–Trinajstić information content (AvgIpc) is 2.40. The van der Waals surface area contributed by atoms with E-state index in [1.807, 2.05) is 0 Å². The van der Waals surface area contributed by atoms with Crippen molar-refractivity contribution in [1.82, 2.24) is 5.32 Å². The van der Waals surface area contributed by atoms with Crippen LogP contribution < -0.4 is 14.4 Å². The van der Waals surface area contributed by atoms with Gasteiger partial charge in [0.05, 0.1) is 25.6 Å². The normalized spacial score (nSPS) is 15.0. The van der Waals surface area contributed by atoms with Gasteiger partial charge in [0.15, 0.2) is 0 Å². The first-order chi connectivity index (χ1) is 10.4. The van der Waals surface area contributed by atoms with Crippen LogP contribution in [0.3, 0.4) is 0 Å². The van der Waals surface area contributed by atoms with Gasteiger partial charge in [0, 0.05) is 12.5 Å². The second kappa shape index (κ2) is 7.00. The lowest BCUT2D eigenvalue weighted by Crippen LogP contribution is -2.41. The number of sulfonamides is 1. The van der Waals surface area contributed by atoms with Crippen LogP contribution in [0.4, 0.5) is 5.69 Å². The number of anilines is 1. The van der Waals surface area contributed by atoms with Gasteiger partial charge in [0.2, 0.25) is 15.9 Å². The molecule has 1 aliphatic carbocycles. The molecule has 7 heteroatoms. The summed E-state index contributed by atoms with van der Waals surface area (Å²) in [6.07, 6.45) is 4.09. The van der Waals surface area contributed by atoms with Crippen molar-refractivity contribution in [3.05, 3.63) is 24.3 Å².